The van der Waals surface area contributed by atoms with Gasteiger partial charge in [0.15, 0.2) is 0 Å². The molecule has 2 atom stereocenters. The Hall–Kier alpha value is -0.650. The maximum atomic E-state index is 11.4. The second-order valence-corrected chi connectivity index (χ2v) is 4.14. The lowest BCUT2D eigenvalue weighted by atomic mass is 10.1. The number of carbonyl (C=O) groups is 1. The van der Waals surface area contributed by atoms with Gasteiger partial charge in [-0.15, -0.1) is 0 Å². The third-order valence-electron chi connectivity index (χ3n) is 2.88. The summed E-state index contributed by atoms with van der Waals surface area (Å²) < 4.78 is 5.23. The average Bonchev–Trinajstić information content (AvgIpc) is 2.90. The molecule has 2 aliphatic rings. The minimum absolute atomic E-state index is 0.140. The van der Waals surface area contributed by atoms with Crippen LogP contribution in [0, 0.1) is 5.92 Å². The van der Waals surface area contributed by atoms with Crippen LogP contribution in [0.2, 0.25) is 0 Å². The van der Waals surface area contributed by atoms with E-state index in [1.807, 2.05) is 0 Å². The summed E-state index contributed by atoms with van der Waals surface area (Å²) in [7, 11) is 0. The highest BCUT2D eigenvalue weighted by atomic mass is 16.7. The van der Waals surface area contributed by atoms with Gasteiger partial charge >= 0.3 is 0 Å². The van der Waals surface area contributed by atoms with Crippen molar-refractivity contribution in [3.05, 3.63) is 0 Å². The highest BCUT2D eigenvalue weighted by molar-refractivity contribution is 5.79. The van der Waals surface area contributed by atoms with E-state index >= 15 is 0 Å². The highest BCUT2D eigenvalue weighted by Crippen LogP contribution is 2.12. The fourth-order valence-electron chi connectivity index (χ4n) is 1.94. The monoisotopic (exact) mass is 214 g/mol. The van der Waals surface area contributed by atoms with Gasteiger partial charge in [-0.25, -0.2) is 5.48 Å². The van der Waals surface area contributed by atoms with E-state index in [9.17, 15) is 4.79 Å². The summed E-state index contributed by atoms with van der Waals surface area (Å²) in [6.45, 7) is 3.31. The fourth-order valence-corrected chi connectivity index (χ4v) is 1.94. The number of amides is 1. The summed E-state index contributed by atoms with van der Waals surface area (Å²) in [5, 5.41) is 3.25. The van der Waals surface area contributed by atoms with Crippen LogP contribution in [0.4, 0.5) is 0 Å². The lowest BCUT2D eigenvalue weighted by molar-refractivity contribution is -0.143. The zero-order chi connectivity index (χ0) is 10.5. The van der Waals surface area contributed by atoms with E-state index in [2.05, 4.69) is 10.8 Å². The summed E-state index contributed by atoms with van der Waals surface area (Å²) in [5.41, 5.74) is 2.46. The number of rotatable bonds is 4. The first-order valence-corrected chi connectivity index (χ1v) is 5.60. The Bertz CT molecular complexity index is 211. The van der Waals surface area contributed by atoms with Crippen LogP contribution < -0.4 is 10.8 Å². The van der Waals surface area contributed by atoms with E-state index in [-0.39, 0.29) is 12.0 Å². The SMILES string of the molecule is O=C(NOCC1CCNC1)C1CCCO1. The second-order valence-electron chi connectivity index (χ2n) is 4.14. The van der Waals surface area contributed by atoms with Crippen LogP contribution in [-0.4, -0.2) is 38.3 Å². The molecular weight excluding hydrogens is 196 g/mol. The van der Waals surface area contributed by atoms with Gasteiger partial charge in [0.1, 0.15) is 6.10 Å². The van der Waals surface area contributed by atoms with Crippen LogP contribution in [-0.2, 0) is 14.4 Å². The minimum Gasteiger partial charge on any atom is -0.368 e. The normalized spacial score (nSPS) is 30.7. The molecule has 2 N–H and O–H groups in total. The number of carbonyl (C=O) groups excluding carboxylic acids is 1. The molecule has 0 radical (unpaired) electrons. The summed E-state index contributed by atoms with van der Waals surface area (Å²) >= 11 is 0. The third kappa shape index (κ3) is 3.15. The maximum Gasteiger partial charge on any atom is 0.272 e. The summed E-state index contributed by atoms with van der Waals surface area (Å²) in [5.74, 6) is 0.383. The van der Waals surface area contributed by atoms with Crippen molar-refractivity contribution in [1.29, 1.82) is 0 Å². The molecule has 2 fully saturated rings. The average molecular weight is 214 g/mol. The molecule has 5 nitrogen and oxygen atoms in total. The Kier molecular flexibility index (Phi) is 3.94. The molecule has 0 aromatic rings. The van der Waals surface area contributed by atoms with Crippen molar-refractivity contribution in [2.75, 3.05) is 26.3 Å². The Morgan fingerprint density at radius 2 is 2.47 bits per heavy atom. The van der Waals surface area contributed by atoms with E-state index in [0.717, 1.165) is 32.4 Å². The summed E-state index contributed by atoms with van der Waals surface area (Å²) in [6, 6.07) is 0. The Balaban J connectivity index is 1.58. The van der Waals surface area contributed by atoms with Gasteiger partial charge in [0.2, 0.25) is 0 Å². The third-order valence-corrected chi connectivity index (χ3v) is 2.88. The zero-order valence-corrected chi connectivity index (χ0v) is 8.83. The minimum atomic E-state index is -0.299. The molecule has 0 spiro atoms. The molecule has 2 rings (SSSR count). The molecule has 2 aliphatic heterocycles. The van der Waals surface area contributed by atoms with E-state index in [4.69, 9.17) is 9.57 Å². The van der Waals surface area contributed by atoms with E-state index in [0.29, 0.717) is 19.1 Å². The highest BCUT2D eigenvalue weighted by Gasteiger charge is 2.24. The fraction of sp³-hybridized carbons (Fsp3) is 0.900. The summed E-state index contributed by atoms with van der Waals surface area (Å²) in [4.78, 5) is 16.6. The lowest BCUT2D eigenvalue weighted by Crippen LogP contribution is -2.35. The molecule has 2 unspecified atom stereocenters. The second kappa shape index (κ2) is 5.44. The van der Waals surface area contributed by atoms with Crippen molar-refractivity contribution in [2.24, 2.45) is 5.92 Å². The first kappa shape index (κ1) is 10.9. The Morgan fingerprint density at radius 3 is 3.13 bits per heavy atom. The standard InChI is InChI=1S/C10H18N2O3/c13-10(9-2-1-5-14-9)12-15-7-8-3-4-11-6-8/h8-9,11H,1-7H2,(H,12,13). The summed E-state index contributed by atoms with van der Waals surface area (Å²) in [6.07, 6.45) is 2.59. The number of nitrogens with one attached hydrogen (secondary N) is 2. The Labute approximate surface area is 89.5 Å². The largest absolute Gasteiger partial charge is 0.368 e. The number of ether oxygens (including phenoxy) is 1. The van der Waals surface area contributed by atoms with Gasteiger partial charge in [-0.2, -0.15) is 0 Å². The molecule has 1 amide bonds. The molecule has 15 heavy (non-hydrogen) atoms. The van der Waals surface area contributed by atoms with Gasteiger partial charge in [0, 0.05) is 13.2 Å². The molecule has 0 aromatic heterocycles. The molecule has 0 bridgehead atoms. The maximum absolute atomic E-state index is 11.4. The smallest absolute Gasteiger partial charge is 0.272 e. The van der Waals surface area contributed by atoms with Crippen molar-refractivity contribution >= 4 is 5.91 Å². The van der Waals surface area contributed by atoms with Crippen molar-refractivity contribution in [2.45, 2.75) is 25.4 Å². The molecule has 2 heterocycles. The zero-order valence-electron chi connectivity index (χ0n) is 8.83. The van der Waals surface area contributed by atoms with Gasteiger partial charge in [0.05, 0.1) is 6.61 Å². The van der Waals surface area contributed by atoms with E-state index < -0.39 is 0 Å². The van der Waals surface area contributed by atoms with Gasteiger partial charge in [-0.1, -0.05) is 0 Å². The first-order valence-electron chi connectivity index (χ1n) is 5.60. The van der Waals surface area contributed by atoms with Gasteiger partial charge in [-0.3, -0.25) is 9.63 Å². The first-order chi connectivity index (χ1) is 7.36. The number of hydrogen-bond acceptors (Lipinski definition) is 4. The van der Waals surface area contributed by atoms with Crippen molar-refractivity contribution in [3.8, 4) is 0 Å². The van der Waals surface area contributed by atoms with Crippen molar-refractivity contribution in [3.63, 3.8) is 0 Å². The van der Waals surface area contributed by atoms with Crippen LogP contribution in [0.5, 0.6) is 0 Å². The Morgan fingerprint density at radius 1 is 1.53 bits per heavy atom. The predicted molar refractivity (Wildman–Crippen MR) is 54.0 cm³/mol. The number of hydrogen-bond donors (Lipinski definition) is 2. The lowest BCUT2D eigenvalue weighted by Gasteiger charge is -2.12. The van der Waals surface area contributed by atoms with Crippen LogP contribution >= 0.6 is 0 Å². The molecule has 5 heteroatoms. The molecule has 0 aliphatic carbocycles. The van der Waals surface area contributed by atoms with Gasteiger partial charge in [-0.05, 0) is 31.7 Å². The van der Waals surface area contributed by atoms with Gasteiger partial charge < -0.3 is 10.1 Å². The van der Waals surface area contributed by atoms with E-state index in [1.54, 1.807) is 0 Å². The quantitative estimate of drug-likeness (QED) is 0.637. The number of hydroxylamine groups is 1. The molecule has 86 valence electrons. The topological polar surface area (TPSA) is 59.6 Å². The molecule has 0 aromatic carbocycles. The van der Waals surface area contributed by atoms with Crippen molar-refractivity contribution < 1.29 is 14.4 Å². The van der Waals surface area contributed by atoms with Crippen molar-refractivity contribution in [1.82, 2.24) is 10.8 Å². The molecule has 0 saturated carbocycles. The van der Waals surface area contributed by atoms with Gasteiger partial charge in [0.25, 0.3) is 5.91 Å². The van der Waals surface area contributed by atoms with Crippen LogP contribution in [0.15, 0.2) is 0 Å². The predicted octanol–water partition coefficient (Wildman–Crippen LogP) is -0.177. The van der Waals surface area contributed by atoms with Crippen LogP contribution in [0.1, 0.15) is 19.3 Å². The molecule has 2 saturated heterocycles. The van der Waals surface area contributed by atoms with E-state index in [1.165, 1.54) is 0 Å². The molecular formula is C10H18N2O3. The van der Waals surface area contributed by atoms with Crippen LogP contribution in [0.3, 0.4) is 0 Å². The van der Waals surface area contributed by atoms with Crippen LogP contribution in [0.25, 0.3) is 0 Å².